The molecule has 8 heteroatoms. The Morgan fingerprint density at radius 3 is 2.39 bits per heavy atom. The highest BCUT2D eigenvalue weighted by Gasteiger charge is 2.21. The van der Waals surface area contributed by atoms with E-state index in [9.17, 15) is 19.2 Å². The molecular weight excluding hydrogens is 320 g/mol. The molecule has 1 aromatic carbocycles. The molecule has 0 aliphatic carbocycles. The highest BCUT2D eigenvalue weighted by atomic mass is 32.2. The molecule has 0 spiro atoms. The maximum atomic E-state index is 11.9. The van der Waals surface area contributed by atoms with E-state index in [4.69, 9.17) is 5.11 Å². The summed E-state index contributed by atoms with van der Waals surface area (Å²) < 4.78 is 0. The van der Waals surface area contributed by atoms with Crippen molar-refractivity contribution in [1.29, 1.82) is 0 Å². The van der Waals surface area contributed by atoms with Crippen LogP contribution in [0.15, 0.2) is 30.3 Å². The average molecular weight is 338 g/mol. The van der Waals surface area contributed by atoms with Crippen molar-refractivity contribution in [3.05, 3.63) is 35.9 Å². The Morgan fingerprint density at radius 2 is 1.83 bits per heavy atom. The van der Waals surface area contributed by atoms with E-state index in [0.717, 1.165) is 11.8 Å². The smallest absolute Gasteiger partial charge is 0.327 e. The van der Waals surface area contributed by atoms with Gasteiger partial charge in [-0.25, -0.2) is 4.79 Å². The lowest BCUT2D eigenvalue weighted by Gasteiger charge is -2.14. The fourth-order valence-corrected chi connectivity index (χ4v) is 2.46. The number of aliphatic carboxylic acids is 1. The van der Waals surface area contributed by atoms with Crippen molar-refractivity contribution in [3.8, 4) is 0 Å². The summed E-state index contributed by atoms with van der Waals surface area (Å²) in [6.45, 7) is 1.45. The SMILES string of the molecule is CC(=O)NCCC(=O)NC(CSC(=O)c1ccccc1)C(=O)O. The van der Waals surface area contributed by atoms with Crippen LogP contribution >= 0.6 is 11.8 Å². The predicted molar refractivity (Wildman–Crippen MR) is 86.1 cm³/mol. The van der Waals surface area contributed by atoms with Gasteiger partial charge >= 0.3 is 5.97 Å². The zero-order valence-electron chi connectivity index (χ0n) is 12.6. The van der Waals surface area contributed by atoms with Crippen molar-refractivity contribution >= 4 is 34.7 Å². The summed E-state index contributed by atoms with van der Waals surface area (Å²) in [5, 5.41) is 13.6. The first-order valence-corrected chi connectivity index (χ1v) is 7.87. The van der Waals surface area contributed by atoms with Gasteiger partial charge in [-0.1, -0.05) is 42.1 Å². The van der Waals surface area contributed by atoms with Crippen molar-refractivity contribution in [2.24, 2.45) is 0 Å². The quantitative estimate of drug-likeness (QED) is 0.642. The second-order valence-corrected chi connectivity index (χ2v) is 5.65. The summed E-state index contributed by atoms with van der Waals surface area (Å²) in [4.78, 5) is 45.4. The van der Waals surface area contributed by atoms with Gasteiger partial charge in [0, 0.05) is 31.2 Å². The number of hydrogen-bond acceptors (Lipinski definition) is 5. The van der Waals surface area contributed by atoms with E-state index in [1.165, 1.54) is 6.92 Å². The van der Waals surface area contributed by atoms with Crippen molar-refractivity contribution in [2.45, 2.75) is 19.4 Å². The third kappa shape index (κ3) is 7.46. The fourth-order valence-electron chi connectivity index (χ4n) is 1.61. The summed E-state index contributed by atoms with van der Waals surface area (Å²) in [5.41, 5.74) is 0.471. The highest BCUT2D eigenvalue weighted by Crippen LogP contribution is 2.13. The number of benzene rings is 1. The van der Waals surface area contributed by atoms with Gasteiger partial charge in [-0.15, -0.1) is 0 Å². The van der Waals surface area contributed by atoms with Crippen LogP contribution < -0.4 is 10.6 Å². The van der Waals surface area contributed by atoms with Crippen LogP contribution in [0.5, 0.6) is 0 Å². The lowest BCUT2D eigenvalue weighted by atomic mass is 10.2. The minimum atomic E-state index is -1.22. The first-order valence-electron chi connectivity index (χ1n) is 6.89. The topological polar surface area (TPSA) is 113 Å². The largest absolute Gasteiger partial charge is 0.480 e. The number of carbonyl (C=O) groups is 4. The molecule has 0 saturated heterocycles. The van der Waals surface area contributed by atoms with Gasteiger partial charge in [-0.05, 0) is 0 Å². The molecule has 3 N–H and O–H groups in total. The van der Waals surface area contributed by atoms with E-state index in [-0.39, 0.29) is 29.7 Å². The Labute approximate surface area is 137 Å². The molecule has 2 amide bonds. The fraction of sp³-hybridized carbons (Fsp3) is 0.333. The monoisotopic (exact) mass is 338 g/mol. The molecule has 0 radical (unpaired) electrons. The van der Waals surface area contributed by atoms with Crippen molar-refractivity contribution < 1.29 is 24.3 Å². The summed E-state index contributed by atoms with van der Waals surface area (Å²) in [6, 6.07) is 7.31. The Balaban J connectivity index is 2.46. The first kappa shape index (κ1) is 18.7. The molecule has 0 fully saturated rings. The molecule has 1 atom stereocenters. The molecule has 1 rings (SSSR count). The minimum absolute atomic E-state index is 0.0271. The molecule has 23 heavy (non-hydrogen) atoms. The molecular formula is C15H18N2O5S. The van der Waals surface area contributed by atoms with Crippen LogP contribution in [0.25, 0.3) is 0 Å². The Kier molecular flexibility index (Phi) is 7.82. The number of thioether (sulfide) groups is 1. The van der Waals surface area contributed by atoms with Crippen molar-refractivity contribution in [1.82, 2.24) is 10.6 Å². The van der Waals surface area contributed by atoms with Crippen LogP contribution in [-0.4, -0.2) is 46.3 Å². The molecule has 0 heterocycles. The van der Waals surface area contributed by atoms with E-state index in [1.54, 1.807) is 30.3 Å². The maximum absolute atomic E-state index is 11.9. The van der Waals surface area contributed by atoms with Crippen LogP contribution in [0.3, 0.4) is 0 Å². The molecule has 1 aromatic rings. The average Bonchev–Trinajstić information content (AvgIpc) is 2.51. The van der Waals surface area contributed by atoms with E-state index in [0.29, 0.717) is 5.56 Å². The summed E-state index contributed by atoms with van der Waals surface area (Å²) >= 11 is 0.832. The van der Waals surface area contributed by atoms with E-state index >= 15 is 0 Å². The number of nitrogens with one attached hydrogen (secondary N) is 2. The van der Waals surface area contributed by atoms with Crippen LogP contribution in [0, 0.1) is 0 Å². The second-order valence-electron chi connectivity index (χ2n) is 4.66. The standard InChI is InChI=1S/C15H18N2O5S/c1-10(18)16-8-7-13(19)17-12(14(20)21)9-23-15(22)11-5-3-2-4-6-11/h2-6,12H,7-9H2,1H3,(H,16,18)(H,17,19)(H,20,21). The first-order chi connectivity index (χ1) is 10.9. The van der Waals surface area contributed by atoms with E-state index in [1.807, 2.05) is 0 Å². The van der Waals surface area contributed by atoms with E-state index in [2.05, 4.69) is 10.6 Å². The number of carboxylic acids is 1. The van der Waals surface area contributed by atoms with Gasteiger partial charge in [-0.2, -0.15) is 0 Å². The van der Waals surface area contributed by atoms with Gasteiger partial charge in [0.15, 0.2) is 0 Å². The number of hydrogen-bond donors (Lipinski definition) is 3. The third-order valence-electron chi connectivity index (χ3n) is 2.75. The van der Waals surface area contributed by atoms with Gasteiger partial charge in [0.2, 0.25) is 16.9 Å². The molecule has 0 aliphatic heterocycles. The number of carbonyl (C=O) groups excluding carboxylic acids is 3. The van der Waals surface area contributed by atoms with Gasteiger partial charge in [0.05, 0.1) is 0 Å². The predicted octanol–water partition coefficient (Wildman–Crippen LogP) is 0.656. The maximum Gasteiger partial charge on any atom is 0.327 e. The zero-order valence-corrected chi connectivity index (χ0v) is 13.4. The highest BCUT2D eigenvalue weighted by molar-refractivity contribution is 8.14. The normalized spacial score (nSPS) is 11.3. The number of carboxylic acid groups (broad SMARTS) is 1. The van der Waals surface area contributed by atoms with Gasteiger partial charge in [0.1, 0.15) is 6.04 Å². The molecule has 0 aromatic heterocycles. The van der Waals surface area contributed by atoms with Crippen LogP contribution in [-0.2, 0) is 14.4 Å². The lowest BCUT2D eigenvalue weighted by Crippen LogP contribution is -2.43. The molecule has 7 nitrogen and oxygen atoms in total. The number of amides is 2. The summed E-state index contributed by atoms with van der Waals surface area (Å²) in [6.07, 6.45) is -0.0271. The van der Waals surface area contributed by atoms with E-state index < -0.39 is 17.9 Å². The molecule has 124 valence electrons. The second kappa shape index (κ2) is 9.62. The third-order valence-corrected chi connectivity index (χ3v) is 3.75. The molecule has 0 saturated carbocycles. The Bertz CT molecular complexity index is 576. The minimum Gasteiger partial charge on any atom is -0.480 e. The number of rotatable bonds is 8. The Hall–Kier alpha value is -2.35. The van der Waals surface area contributed by atoms with Crippen molar-refractivity contribution in [3.63, 3.8) is 0 Å². The molecule has 0 aliphatic rings. The van der Waals surface area contributed by atoms with Crippen LogP contribution in [0.4, 0.5) is 0 Å². The molecule has 0 bridgehead atoms. The molecule has 1 unspecified atom stereocenters. The summed E-state index contributed by atoms with van der Waals surface area (Å²) in [5.74, 6) is -2.06. The van der Waals surface area contributed by atoms with Gasteiger partial charge < -0.3 is 15.7 Å². The van der Waals surface area contributed by atoms with Gasteiger partial charge in [0.25, 0.3) is 0 Å². The lowest BCUT2D eigenvalue weighted by molar-refractivity contribution is -0.141. The van der Waals surface area contributed by atoms with Gasteiger partial charge in [-0.3, -0.25) is 14.4 Å². The van der Waals surface area contributed by atoms with Crippen molar-refractivity contribution in [2.75, 3.05) is 12.3 Å². The van der Waals surface area contributed by atoms with Crippen LogP contribution in [0.2, 0.25) is 0 Å². The Morgan fingerprint density at radius 1 is 1.17 bits per heavy atom. The van der Waals surface area contributed by atoms with Crippen LogP contribution in [0.1, 0.15) is 23.7 Å². The zero-order chi connectivity index (χ0) is 17.2. The summed E-state index contributed by atoms with van der Waals surface area (Å²) in [7, 11) is 0.